The molecule has 4 N–H and O–H groups in total. The lowest BCUT2D eigenvalue weighted by molar-refractivity contribution is 0.195. The lowest BCUT2D eigenvalue weighted by atomic mass is 10.1. The van der Waals surface area contributed by atoms with Crippen LogP contribution < -0.4 is 16.0 Å². The first kappa shape index (κ1) is 17.3. The van der Waals surface area contributed by atoms with Crippen molar-refractivity contribution < 1.29 is 9.53 Å². The van der Waals surface area contributed by atoms with Crippen LogP contribution in [-0.4, -0.2) is 40.5 Å². The Kier molecular flexibility index (Phi) is 4.88. The second-order valence-electron chi connectivity index (χ2n) is 6.62. The molecule has 8 heteroatoms. The first-order valence-corrected chi connectivity index (χ1v) is 9.00. The minimum atomic E-state index is -0.306. The number of hydrogen-bond donors (Lipinski definition) is 4. The Bertz CT molecular complexity index is 920. The predicted octanol–water partition coefficient (Wildman–Crippen LogP) is 3.04. The summed E-state index contributed by atoms with van der Waals surface area (Å²) in [7, 11) is 0. The smallest absolute Gasteiger partial charge is 0.320 e. The van der Waals surface area contributed by atoms with E-state index in [2.05, 4.69) is 31.1 Å². The molecule has 0 bridgehead atoms. The van der Waals surface area contributed by atoms with E-state index in [1.165, 1.54) is 0 Å². The van der Waals surface area contributed by atoms with Gasteiger partial charge in [0.25, 0.3) is 0 Å². The van der Waals surface area contributed by atoms with Gasteiger partial charge in [-0.05, 0) is 18.9 Å². The zero-order valence-corrected chi connectivity index (χ0v) is 15.0. The number of fused-ring (bicyclic) bond motifs is 1. The summed E-state index contributed by atoms with van der Waals surface area (Å²) in [6, 6.07) is 11.4. The molecule has 2 aromatic heterocycles. The molecule has 1 saturated heterocycles. The fraction of sp³-hybridized carbons (Fsp3) is 0.316. The Balaban J connectivity index is 1.41. The van der Waals surface area contributed by atoms with Gasteiger partial charge >= 0.3 is 6.03 Å². The van der Waals surface area contributed by atoms with Crippen molar-refractivity contribution >= 4 is 28.6 Å². The van der Waals surface area contributed by atoms with E-state index in [9.17, 15) is 4.79 Å². The van der Waals surface area contributed by atoms with Gasteiger partial charge in [0.2, 0.25) is 0 Å². The molecule has 1 fully saturated rings. The Labute approximate surface area is 156 Å². The molecule has 27 heavy (non-hydrogen) atoms. The van der Waals surface area contributed by atoms with E-state index >= 15 is 0 Å². The molecule has 0 radical (unpaired) electrons. The number of benzene rings is 1. The minimum Gasteiger partial charge on any atom is -0.379 e. The van der Waals surface area contributed by atoms with Crippen molar-refractivity contribution in [1.29, 1.82) is 0 Å². The van der Waals surface area contributed by atoms with E-state index in [0.717, 1.165) is 35.3 Å². The molecule has 2 unspecified atom stereocenters. The van der Waals surface area contributed by atoms with E-state index in [1.54, 1.807) is 12.3 Å². The monoisotopic (exact) mass is 366 g/mol. The largest absolute Gasteiger partial charge is 0.379 e. The molecule has 4 rings (SSSR count). The maximum absolute atomic E-state index is 12.3. The average Bonchev–Trinajstić information content (AvgIpc) is 3.33. The first-order chi connectivity index (χ1) is 13.2. The van der Waals surface area contributed by atoms with Crippen LogP contribution in [0.5, 0.6) is 0 Å². The molecule has 0 spiro atoms. The number of hydrogen-bond acceptors (Lipinski definition) is 5. The number of carbonyl (C=O) groups is 1. The third-order valence-corrected chi connectivity index (χ3v) is 4.61. The summed E-state index contributed by atoms with van der Waals surface area (Å²) in [5.41, 5.74) is 1.84. The summed E-state index contributed by atoms with van der Waals surface area (Å²) in [5.74, 6) is 1.21. The molecule has 8 nitrogen and oxygen atoms in total. The molecule has 2 amide bonds. The van der Waals surface area contributed by atoms with Crippen molar-refractivity contribution in [1.82, 2.24) is 20.5 Å². The average molecular weight is 366 g/mol. The summed E-state index contributed by atoms with van der Waals surface area (Å²) < 4.78 is 5.37. The van der Waals surface area contributed by atoms with Crippen LogP contribution in [0.4, 0.5) is 16.4 Å². The van der Waals surface area contributed by atoms with Gasteiger partial charge in [-0.1, -0.05) is 30.3 Å². The number of aromatic nitrogens is 3. The third kappa shape index (κ3) is 4.01. The first-order valence-electron chi connectivity index (χ1n) is 9.00. The van der Waals surface area contributed by atoms with Crippen LogP contribution in [0.3, 0.4) is 0 Å². The van der Waals surface area contributed by atoms with Crippen molar-refractivity contribution in [3.63, 3.8) is 0 Å². The van der Waals surface area contributed by atoms with Gasteiger partial charge in [0.1, 0.15) is 5.82 Å². The van der Waals surface area contributed by atoms with E-state index in [0.29, 0.717) is 12.4 Å². The number of pyridine rings is 1. The molecule has 2 atom stereocenters. The second kappa shape index (κ2) is 7.63. The molecular formula is C19H22N6O2. The molecule has 1 aliphatic rings. The maximum Gasteiger partial charge on any atom is 0.320 e. The zero-order valence-electron chi connectivity index (χ0n) is 15.0. The van der Waals surface area contributed by atoms with Crippen LogP contribution in [0, 0.1) is 0 Å². The number of aromatic amines is 1. The molecule has 140 valence electrons. The van der Waals surface area contributed by atoms with Gasteiger partial charge in [-0.2, -0.15) is 5.10 Å². The summed E-state index contributed by atoms with van der Waals surface area (Å²) in [6.07, 6.45) is 2.66. The number of urea groups is 1. The predicted molar refractivity (Wildman–Crippen MR) is 104 cm³/mol. The highest BCUT2D eigenvalue weighted by Crippen LogP contribution is 2.23. The Hall–Kier alpha value is -3.13. The summed E-state index contributed by atoms with van der Waals surface area (Å²) in [6.45, 7) is 3.38. The number of amides is 2. The number of nitrogens with one attached hydrogen (secondary N) is 4. The molecule has 0 aliphatic carbocycles. The number of carbonyl (C=O) groups excluding carboxylic acids is 1. The molecule has 1 aromatic carbocycles. The lowest BCUT2D eigenvalue weighted by Crippen LogP contribution is -2.31. The summed E-state index contributed by atoms with van der Waals surface area (Å²) in [5, 5.41) is 17.2. The van der Waals surface area contributed by atoms with Crippen molar-refractivity contribution in [3.8, 4) is 0 Å². The van der Waals surface area contributed by atoms with Crippen LogP contribution in [0.2, 0.25) is 0 Å². The Morgan fingerprint density at radius 1 is 1.33 bits per heavy atom. The van der Waals surface area contributed by atoms with E-state index in [-0.39, 0.29) is 18.1 Å². The normalized spacial score (nSPS) is 17.6. The summed E-state index contributed by atoms with van der Waals surface area (Å²) >= 11 is 0. The molecule has 0 saturated carbocycles. The number of anilines is 2. The van der Waals surface area contributed by atoms with Gasteiger partial charge in [0.15, 0.2) is 5.82 Å². The number of ether oxygens (including phenoxy) is 1. The second-order valence-corrected chi connectivity index (χ2v) is 6.62. The van der Waals surface area contributed by atoms with Crippen molar-refractivity contribution in [2.75, 3.05) is 23.8 Å². The summed E-state index contributed by atoms with van der Waals surface area (Å²) in [4.78, 5) is 16.6. The van der Waals surface area contributed by atoms with Gasteiger partial charge in [-0.25, -0.2) is 9.78 Å². The highest BCUT2D eigenvalue weighted by molar-refractivity contribution is 5.94. The molecule has 3 heterocycles. The zero-order chi connectivity index (χ0) is 18.6. The number of nitrogens with zero attached hydrogens (tertiary/aromatic N) is 2. The van der Waals surface area contributed by atoms with Crippen LogP contribution >= 0.6 is 0 Å². The standard InChI is InChI=1S/C19H22N6O2/c1-12(13-5-3-2-4-6-13)21-19(26)23-17-9-16-15(10-20-17)18(25-24-16)22-14-7-8-27-11-14/h2-6,9-10,12,14H,7-8,11H2,1H3,(H2,22,24,25)(H2,20,21,23,26). The Morgan fingerprint density at radius 3 is 2.96 bits per heavy atom. The van der Waals surface area contributed by atoms with E-state index in [4.69, 9.17) is 4.74 Å². The minimum absolute atomic E-state index is 0.105. The maximum atomic E-state index is 12.3. The molecular weight excluding hydrogens is 344 g/mol. The van der Waals surface area contributed by atoms with Gasteiger partial charge < -0.3 is 15.4 Å². The Morgan fingerprint density at radius 2 is 2.19 bits per heavy atom. The number of rotatable bonds is 5. The quantitative estimate of drug-likeness (QED) is 0.556. The van der Waals surface area contributed by atoms with Crippen molar-refractivity contribution in [2.24, 2.45) is 0 Å². The van der Waals surface area contributed by atoms with E-state index in [1.807, 2.05) is 37.3 Å². The van der Waals surface area contributed by atoms with E-state index < -0.39 is 0 Å². The van der Waals surface area contributed by atoms with Crippen LogP contribution in [0.15, 0.2) is 42.6 Å². The van der Waals surface area contributed by atoms with Crippen LogP contribution in [0.25, 0.3) is 10.9 Å². The lowest BCUT2D eigenvalue weighted by Gasteiger charge is -2.14. The molecule has 1 aliphatic heterocycles. The number of H-pyrrole nitrogens is 1. The van der Waals surface area contributed by atoms with Crippen LogP contribution in [0.1, 0.15) is 24.9 Å². The van der Waals surface area contributed by atoms with Gasteiger partial charge in [0.05, 0.1) is 29.6 Å². The highest BCUT2D eigenvalue weighted by atomic mass is 16.5. The topological polar surface area (TPSA) is 104 Å². The van der Waals surface area contributed by atoms with Gasteiger partial charge in [-0.3, -0.25) is 10.4 Å². The van der Waals surface area contributed by atoms with Crippen molar-refractivity contribution in [2.45, 2.75) is 25.4 Å². The van der Waals surface area contributed by atoms with Crippen LogP contribution in [-0.2, 0) is 4.74 Å². The SMILES string of the molecule is CC(NC(=O)Nc1cc2[nH]nc(NC3CCOC3)c2cn1)c1ccccc1. The van der Waals surface area contributed by atoms with Gasteiger partial charge in [0, 0.05) is 18.9 Å². The molecule has 3 aromatic rings. The third-order valence-electron chi connectivity index (χ3n) is 4.61. The fourth-order valence-electron chi connectivity index (χ4n) is 3.11. The highest BCUT2D eigenvalue weighted by Gasteiger charge is 2.18. The van der Waals surface area contributed by atoms with Crippen molar-refractivity contribution in [3.05, 3.63) is 48.2 Å². The van der Waals surface area contributed by atoms with Gasteiger partial charge in [-0.15, -0.1) is 0 Å². The fourth-order valence-corrected chi connectivity index (χ4v) is 3.11.